The summed E-state index contributed by atoms with van der Waals surface area (Å²) in [5.41, 5.74) is 8.92. The number of urea groups is 1. The number of piperidine rings is 1. The van der Waals surface area contributed by atoms with Crippen molar-refractivity contribution in [3.63, 3.8) is 0 Å². The van der Waals surface area contributed by atoms with Gasteiger partial charge in [-0.15, -0.1) is 0 Å². The summed E-state index contributed by atoms with van der Waals surface area (Å²) in [5, 5.41) is 14.5. The normalized spacial score (nSPS) is 12.8. The zero-order valence-corrected chi connectivity index (χ0v) is 34.5. The Morgan fingerprint density at radius 1 is 0.952 bits per heavy atom. The fourth-order valence-corrected chi connectivity index (χ4v) is 6.52. The number of rotatable bonds is 17. The Kier molecular flexibility index (Phi) is 17.5. The summed E-state index contributed by atoms with van der Waals surface area (Å²) in [6.45, 7) is 8.69. The van der Waals surface area contributed by atoms with Gasteiger partial charge in [0.25, 0.3) is 5.91 Å². The molecule has 5 aromatic rings. The minimum atomic E-state index is -0.864. The highest BCUT2D eigenvalue weighted by Crippen LogP contribution is 2.32. The third kappa shape index (κ3) is 14.0. The molecular weight excluding hydrogens is 806 g/mol. The molecule has 62 heavy (non-hydrogen) atoms. The van der Waals surface area contributed by atoms with Gasteiger partial charge >= 0.3 is 6.03 Å². The van der Waals surface area contributed by atoms with Gasteiger partial charge in [0, 0.05) is 49.3 Å². The van der Waals surface area contributed by atoms with E-state index in [-0.39, 0.29) is 41.3 Å². The van der Waals surface area contributed by atoms with E-state index in [2.05, 4.69) is 54.7 Å². The summed E-state index contributed by atoms with van der Waals surface area (Å²) >= 11 is 0. The van der Waals surface area contributed by atoms with Crippen molar-refractivity contribution in [1.29, 1.82) is 0 Å². The van der Waals surface area contributed by atoms with Crippen LogP contribution in [0.15, 0.2) is 85.8 Å². The Bertz CT molecular complexity index is 2320. The van der Waals surface area contributed by atoms with E-state index in [1.807, 2.05) is 6.07 Å². The lowest BCUT2D eigenvalue weighted by atomic mass is 10.1. The molecule has 0 unspecified atom stereocenters. The number of nitrogens with one attached hydrogen (secondary N) is 4. The van der Waals surface area contributed by atoms with Crippen molar-refractivity contribution in [3.05, 3.63) is 126 Å². The molecule has 3 aromatic heterocycles. The van der Waals surface area contributed by atoms with E-state index in [1.165, 1.54) is 67.1 Å². The Labute approximate surface area is 357 Å². The molecule has 18 heteroatoms. The lowest BCUT2D eigenvalue weighted by molar-refractivity contribution is -0.119. The zero-order chi connectivity index (χ0) is 44.4. The Morgan fingerprint density at radius 3 is 2.42 bits per heavy atom. The van der Waals surface area contributed by atoms with Crippen molar-refractivity contribution in [2.45, 2.75) is 70.9 Å². The number of unbranched alkanes of at least 4 members (excludes halogenated alkanes) is 2. The Morgan fingerprint density at radius 2 is 1.71 bits per heavy atom. The monoisotopic (exact) mass is 856 g/mol. The average Bonchev–Trinajstić information content (AvgIpc) is 3.60. The maximum Gasteiger partial charge on any atom is 0.325 e. The van der Waals surface area contributed by atoms with Gasteiger partial charge in [0.2, 0.25) is 23.6 Å². The largest absolute Gasteiger partial charge is 0.434 e. The number of hydrogen-bond acceptors (Lipinski definition) is 10. The summed E-state index contributed by atoms with van der Waals surface area (Å²) in [7, 11) is 0. The van der Waals surface area contributed by atoms with Crippen LogP contribution in [-0.4, -0.2) is 80.5 Å². The molecule has 0 aliphatic carbocycles. The molecule has 2 aromatic carbocycles. The first kappa shape index (κ1) is 46.4. The molecular formula is C44H51F3N10O5. The van der Waals surface area contributed by atoms with E-state index in [0.717, 1.165) is 62.6 Å². The fraction of sp³-hybridized carbons (Fsp3) is 0.341. The predicted octanol–water partition coefficient (Wildman–Crippen LogP) is 5.99. The van der Waals surface area contributed by atoms with Crippen LogP contribution in [0.5, 0.6) is 11.6 Å². The van der Waals surface area contributed by atoms with Gasteiger partial charge < -0.3 is 26.4 Å². The molecule has 0 radical (unpaired) electrons. The molecule has 0 saturated carbocycles. The maximum atomic E-state index is 15.4. The van der Waals surface area contributed by atoms with Crippen LogP contribution in [0.25, 0.3) is 5.52 Å². The molecule has 0 atom stereocenters. The molecule has 1 aliphatic rings. The summed E-state index contributed by atoms with van der Waals surface area (Å²) in [6, 6.07) is 13.3. The van der Waals surface area contributed by atoms with E-state index in [4.69, 9.17) is 10.5 Å². The second kappa shape index (κ2) is 23.4. The standard InChI is InChI=1S/C37H38F3N9O4.C7H13NO/c38-25-8-6-23(7-9-25)18-32(50)47-37(52)46-27-10-11-31(30(39)20-27)53-36-33-24(21-48-16-12-26(41)13-17-48)19-28(49(33)45-22-44-36)4-1-2-14-43-35(51)29-5-3-15-42-34(29)40;1-3-5-6-8-7(9)4-2/h3,5-11,15,19-20,22,26H,1-2,4,12-14,16-18,21,41H2,(H,43,51)(H2,46,47,50,52);4H,2-3,5-6H2,1H3,(H,8,9). The highest BCUT2D eigenvalue weighted by molar-refractivity contribution is 6.01. The van der Waals surface area contributed by atoms with E-state index in [0.29, 0.717) is 43.4 Å². The number of carbonyl (C=O) groups excluding carboxylic acids is 4. The molecule has 0 spiro atoms. The quantitative estimate of drug-likeness (QED) is 0.0421. The molecule has 0 bridgehead atoms. The van der Waals surface area contributed by atoms with Crippen LogP contribution < -0.4 is 31.7 Å². The van der Waals surface area contributed by atoms with E-state index in [1.54, 1.807) is 4.52 Å². The molecule has 1 fully saturated rings. The van der Waals surface area contributed by atoms with Crippen LogP contribution in [0.3, 0.4) is 0 Å². The minimum Gasteiger partial charge on any atom is -0.434 e. The molecule has 4 heterocycles. The van der Waals surface area contributed by atoms with Gasteiger partial charge in [-0.25, -0.2) is 23.1 Å². The van der Waals surface area contributed by atoms with Gasteiger partial charge in [-0.3, -0.25) is 24.6 Å². The van der Waals surface area contributed by atoms with Crippen molar-refractivity contribution in [2.75, 3.05) is 31.5 Å². The second-order valence-corrected chi connectivity index (χ2v) is 14.6. The number of halogens is 3. The van der Waals surface area contributed by atoms with Gasteiger partial charge in [0.15, 0.2) is 11.6 Å². The number of benzene rings is 2. The van der Waals surface area contributed by atoms with Crippen LogP contribution in [0.1, 0.15) is 72.6 Å². The molecule has 1 saturated heterocycles. The average molecular weight is 857 g/mol. The molecule has 1 aliphatic heterocycles. The molecule has 15 nitrogen and oxygen atoms in total. The second-order valence-electron chi connectivity index (χ2n) is 14.6. The van der Waals surface area contributed by atoms with Crippen molar-refractivity contribution in [3.8, 4) is 11.6 Å². The number of nitrogens with zero attached hydrogens (tertiary/aromatic N) is 5. The number of anilines is 1. The van der Waals surface area contributed by atoms with Crippen molar-refractivity contribution < 1.29 is 37.1 Å². The number of aromatic nitrogens is 4. The third-order valence-corrected chi connectivity index (χ3v) is 9.79. The first-order valence-corrected chi connectivity index (χ1v) is 20.4. The molecule has 6 N–H and O–H groups in total. The first-order valence-electron chi connectivity index (χ1n) is 20.4. The van der Waals surface area contributed by atoms with Crippen LogP contribution >= 0.6 is 0 Å². The number of hydrogen-bond donors (Lipinski definition) is 5. The van der Waals surface area contributed by atoms with E-state index in [9.17, 15) is 28.0 Å². The molecule has 5 amide bonds. The van der Waals surface area contributed by atoms with Crippen molar-refractivity contribution >= 4 is 35.0 Å². The SMILES string of the molecule is C=CC(=O)NCCCC.NC1CCN(Cc2cc(CCCCNC(=O)c3cccnc3F)n3ncnc(Oc4ccc(NC(=O)NC(=O)Cc5ccc(F)cc5)cc4F)c23)CC1. The smallest absolute Gasteiger partial charge is 0.325 e. The van der Waals surface area contributed by atoms with Crippen molar-refractivity contribution in [1.82, 2.24) is 40.4 Å². The number of carbonyl (C=O) groups is 4. The van der Waals surface area contributed by atoms with Gasteiger partial charge in [-0.05, 0) is 111 Å². The van der Waals surface area contributed by atoms with E-state index >= 15 is 4.39 Å². The number of pyridine rings is 1. The fourth-order valence-electron chi connectivity index (χ4n) is 6.52. The van der Waals surface area contributed by atoms with Gasteiger partial charge in [0.1, 0.15) is 17.7 Å². The number of fused-ring (bicyclic) bond motifs is 1. The zero-order valence-electron chi connectivity index (χ0n) is 34.5. The number of nitrogens with two attached hydrogens (primary N) is 1. The lowest BCUT2D eigenvalue weighted by Crippen LogP contribution is -2.39. The highest BCUT2D eigenvalue weighted by atomic mass is 19.1. The first-order chi connectivity index (χ1) is 29.9. The van der Waals surface area contributed by atoms with Crippen LogP contribution in [0.4, 0.5) is 23.7 Å². The summed E-state index contributed by atoms with van der Waals surface area (Å²) in [5.74, 6) is -3.31. The van der Waals surface area contributed by atoms with Gasteiger partial charge in [-0.1, -0.05) is 32.1 Å². The highest BCUT2D eigenvalue weighted by Gasteiger charge is 2.23. The van der Waals surface area contributed by atoms with Gasteiger partial charge in [-0.2, -0.15) is 14.5 Å². The molecule has 328 valence electrons. The van der Waals surface area contributed by atoms with Crippen molar-refractivity contribution in [2.24, 2.45) is 5.73 Å². The number of likely N-dealkylation sites (tertiary alicyclic amines) is 1. The summed E-state index contributed by atoms with van der Waals surface area (Å²) in [6.07, 6.45) is 9.48. The maximum absolute atomic E-state index is 15.4. The Balaban J connectivity index is 0.000000725. The predicted molar refractivity (Wildman–Crippen MR) is 227 cm³/mol. The summed E-state index contributed by atoms with van der Waals surface area (Å²) in [4.78, 5) is 57.6. The van der Waals surface area contributed by atoms with Crippen LogP contribution in [-0.2, 0) is 29.0 Å². The van der Waals surface area contributed by atoms with Gasteiger partial charge in [0.05, 0.1) is 12.0 Å². The minimum absolute atomic E-state index is 0.0745. The lowest BCUT2D eigenvalue weighted by Gasteiger charge is -2.29. The molecule has 6 rings (SSSR count). The number of amides is 5. The Hall–Kier alpha value is -6.66. The number of aryl methyl sites for hydroxylation is 1. The number of imide groups is 1. The van der Waals surface area contributed by atoms with Crippen LogP contribution in [0.2, 0.25) is 0 Å². The number of ether oxygens (including phenoxy) is 1. The third-order valence-electron chi connectivity index (χ3n) is 9.79. The van der Waals surface area contributed by atoms with E-state index < -0.39 is 35.4 Å². The summed E-state index contributed by atoms with van der Waals surface area (Å²) < 4.78 is 50.1. The topological polar surface area (TPSA) is 198 Å². The van der Waals surface area contributed by atoms with Crippen LogP contribution in [0, 0.1) is 17.6 Å².